The first-order chi connectivity index (χ1) is 8.87. The lowest BCUT2D eigenvalue weighted by atomic mass is 9.95. The van der Waals surface area contributed by atoms with Gasteiger partial charge in [0.2, 0.25) is 5.91 Å². The number of hydrogen-bond acceptors (Lipinski definition) is 3. The summed E-state index contributed by atoms with van der Waals surface area (Å²) in [6, 6.07) is 5.90. The van der Waals surface area contributed by atoms with Crippen LogP contribution in [-0.2, 0) is 11.4 Å². The maximum Gasteiger partial charge on any atom is 0.247 e. The minimum absolute atomic E-state index is 0.0478. The van der Waals surface area contributed by atoms with E-state index in [0.717, 1.165) is 29.9 Å². The van der Waals surface area contributed by atoms with E-state index in [1.807, 2.05) is 46.0 Å². The lowest BCUT2D eigenvalue weighted by Gasteiger charge is -2.46. The number of rotatable bonds is 2. The maximum atomic E-state index is 12.3. The standard InChI is InChI=1S/C15H22N2O2/c1-11-9-12(10-18)5-6-13(11)17-8-7-16(4)14(19)15(17,2)3/h5-6,9,18H,7-8,10H2,1-4H3. The molecular formula is C15H22N2O2. The van der Waals surface area contributed by atoms with Gasteiger partial charge in [0.15, 0.2) is 0 Å². The van der Waals surface area contributed by atoms with Crippen LogP contribution in [0.3, 0.4) is 0 Å². The first-order valence-corrected chi connectivity index (χ1v) is 6.61. The van der Waals surface area contributed by atoms with Gasteiger partial charge in [-0.05, 0) is 38.0 Å². The van der Waals surface area contributed by atoms with E-state index in [1.54, 1.807) is 4.90 Å². The summed E-state index contributed by atoms with van der Waals surface area (Å²) >= 11 is 0. The van der Waals surface area contributed by atoms with Crippen molar-refractivity contribution in [1.29, 1.82) is 0 Å². The number of carbonyl (C=O) groups excluding carboxylic acids is 1. The number of hydrogen-bond donors (Lipinski definition) is 1. The second-order valence-electron chi connectivity index (χ2n) is 5.72. The first-order valence-electron chi connectivity index (χ1n) is 6.61. The number of aryl methyl sites for hydroxylation is 1. The van der Waals surface area contributed by atoms with Gasteiger partial charge in [0.1, 0.15) is 5.54 Å². The third kappa shape index (κ3) is 2.32. The second-order valence-corrected chi connectivity index (χ2v) is 5.72. The quantitative estimate of drug-likeness (QED) is 0.879. The summed E-state index contributed by atoms with van der Waals surface area (Å²) in [4.78, 5) is 16.3. The summed E-state index contributed by atoms with van der Waals surface area (Å²) in [5.41, 5.74) is 2.54. The van der Waals surface area contributed by atoms with Crippen LogP contribution < -0.4 is 4.90 Å². The summed E-state index contributed by atoms with van der Waals surface area (Å²) < 4.78 is 0. The molecule has 0 spiro atoms. The monoisotopic (exact) mass is 262 g/mol. The van der Waals surface area contributed by atoms with Gasteiger partial charge in [-0.25, -0.2) is 0 Å². The van der Waals surface area contributed by atoms with Gasteiger partial charge in [0.05, 0.1) is 6.61 Å². The summed E-state index contributed by atoms with van der Waals surface area (Å²) in [5.74, 6) is 0.143. The number of piperazine rings is 1. The number of amides is 1. The summed E-state index contributed by atoms with van der Waals surface area (Å²) in [6.45, 7) is 7.56. The molecule has 1 aromatic carbocycles. The zero-order chi connectivity index (χ0) is 14.2. The van der Waals surface area contributed by atoms with Gasteiger partial charge in [-0.2, -0.15) is 0 Å². The van der Waals surface area contributed by atoms with Gasteiger partial charge in [0.25, 0.3) is 0 Å². The average Bonchev–Trinajstić information content (AvgIpc) is 2.37. The Balaban J connectivity index is 2.38. The van der Waals surface area contributed by atoms with Crippen LogP contribution in [0.25, 0.3) is 0 Å². The van der Waals surface area contributed by atoms with E-state index in [4.69, 9.17) is 5.11 Å². The number of nitrogens with zero attached hydrogens (tertiary/aromatic N) is 2. The van der Waals surface area contributed by atoms with Crippen LogP contribution in [0.4, 0.5) is 5.69 Å². The molecule has 1 N–H and O–H groups in total. The Hall–Kier alpha value is -1.55. The largest absolute Gasteiger partial charge is 0.392 e. The van der Waals surface area contributed by atoms with Crippen molar-refractivity contribution in [3.8, 4) is 0 Å². The van der Waals surface area contributed by atoms with Gasteiger partial charge in [0, 0.05) is 25.8 Å². The molecule has 0 saturated carbocycles. The van der Waals surface area contributed by atoms with Crippen molar-refractivity contribution in [1.82, 2.24) is 4.90 Å². The van der Waals surface area contributed by atoms with E-state index in [0.29, 0.717) is 0 Å². The topological polar surface area (TPSA) is 43.8 Å². The molecule has 0 radical (unpaired) electrons. The van der Waals surface area contributed by atoms with Gasteiger partial charge in [-0.1, -0.05) is 12.1 Å². The number of likely N-dealkylation sites (N-methyl/N-ethyl adjacent to an activating group) is 1. The Morgan fingerprint density at radius 2 is 2.00 bits per heavy atom. The molecule has 0 bridgehead atoms. The minimum atomic E-state index is -0.529. The molecular weight excluding hydrogens is 240 g/mol. The molecule has 1 aromatic rings. The lowest BCUT2D eigenvalue weighted by Crippen LogP contribution is -2.62. The Morgan fingerprint density at radius 3 is 2.58 bits per heavy atom. The van der Waals surface area contributed by atoms with Gasteiger partial charge >= 0.3 is 0 Å². The normalized spacial score (nSPS) is 18.9. The summed E-state index contributed by atoms with van der Waals surface area (Å²) in [6.07, 6.45) is 0. The highest BCUT2D eigenvalue weighted by Crippen LogP contribution is 2.31. The SMILES string of the molecule is Cc1cc(CO)ccc1N1CCN(C)C(=O)C1(C)C. The van der Waals surface area contributed by atoms with Crippen molar-refractivity contribution < 1.29 is 9.90 Å². The highest BCUT2D eigenvalue weighted by atomic mass is 16.3. The van der Waals surface area contributed by atoms with Crippen molar-refractivity contribution in [3.63, 3.8) is 0 Å². The highest BCUT2D eigenvalue weighted by Gasteiger charge is 2.40. The molecule has 1 amide bonds. The first kappa shape index (κ1) is 13.9. The van der Waals surface area contributed by atoms with Crippen molar-refractivity contribution in [2.45, 2.75) is 32.9 Å². The van der Waals surface area contributed by atoms with Crippen LogP contribution in [0, 0.1) is 6.92 Å². The predicted molar refractivity (Wildman–Crippen MR) is 76.2 cm³/mol. The minimum Gasteiger partial charge on any atom is -0.392 e. The van der Waals surface area contributed by atoms with Gasteiger partial charge < -0.3 is 14.9 Å². The van der Waals surface area contributed by atoms with Crippen LogP contribution in [0.15, 0.2) is 18.2 Å². The Morgan fingerprint density at radius 1 is 1.32 bits per heavy atom. The smallest absolute Gasteiger partial charge is 0.247 e. The van der Waals surface area contributed by atoms with Crippen molar-refractivity contribution in [3.05, 3.63) is 29.3 Å². The van der Waals surface area contributed by atoms with Crippen LogP contribution in [0.2, 0.25) is 0 Å². The van der Waals surface area contributed by atoms with Gasteiger partial charge in [-0.15, -0.1) is 0 Å². The van der Waals surface area contributed by atoms with E-state index in [2.05, 4.69) is 4.90 Å². The lowest BCUT2D eigenvalue weighted by molar-refractivity contribution is -0.136. The van der Waals surface area contributed by atoms with Crippen molar-refractivity contribution in [2.75, 3.05) is 25.0 Å². The highest BCUT2D eigenvalue weighted by molar-refractivity contribution is 5.90. The second kappa shape index (κ2) is 4.85. The molecule has 0 aliphatic carbocycles. The molecule has 0 unspecified atom stereocenters. The number of benzene rings is 1. The third-order valence-corrected chi connectivity index (χ3v) is 3.94. The van der Waals surface area contributed by atoms with Crippen molar-refractivity contribution >= 4 is 11.6 Å². The molecule has 1 saturated heterocycles. The Bertz CT molecular complexity index is 497. The fourth-order valence-electron chi connectivity index (χ4n) is 2.75. The molecule has 0 aromatic heterocycles. The maximum absolute atomic E-state index is 12.3. The molecule has 0 atom stereocenters. The Kier molecular flexibility index (Phi) is 3.54. The molecule has 1 fully saturated rings. The molecule has 1 heterocycles. The van der Waals surface area contributed by atoms with Crippen molar-refractivity contribution in [2.24, 2.45) is 0 Å². The molecule has 2 rings (SSSR count). The van der Waals surface area contributed by atoms with Crippen LogP contribution in [0.1, 0.15) is 25.0 Å². The number of anilines is 1. The summed E-state index contributed by atoms with van der Waals surface area (Å²) in [5, 5.41) is 9.17. The fraction of sp³-hybridized carbons (Fsp3) is 0.533. The molecule has 104 valence electrons. The van der Waals surface area contributed by atoms with E-state index in [-0.39, 0.29) is 12.5 Å². The molecule has 4 nitrogen and oxygen atoms in total. The number of aliphatic hydroxyl groups excluding tert-OH is 1. The number of carbonyl (C=O) groups is 1. The van der Waals surface area contributed by atoms with Gasteiger partial charge in [-0.3, -0.25) is 4.79 Å². The van der Waals surface area contributed by atoms with Crippen LogP contribution >= 0.6 is 0 Å². The molecule has 4 heteroatoms. The third-order valence-electron chi connectivity index (χ3n) is 3.94. The number of aliphatic hydroxyl groups is 1. The zero-order valence-electron chi connectivity index (χ0n) is 12.1. The predicted octanol–water partition coefficient (Wildman–Crippen LogP) is 1.54. The zero-order valence-corrected chi connectivity index (χ0v) is 12.1. The van der Waals surface area contributed by atoms with E-state index >= 15 is 0 Å². The molecule has 19 heavy (non-hydrogen) atoms. The average molecular weight is 262 g/mol. The van der Waals surface area contributed by atoms with Crippen LogP contribution in [0.5, 0.6) is 0 Å². The fourth-order valence-corrected chi connectivity index (χ4v) is 2.75. The van der Waals surface area contributed by atoms with E-state index in [1.165, 1.54) is 0 Å². The van der Waals surface area contributed by atoms with Crippen LogP contribution in [-0.4, -0.2) is 41.6 Å². The molecule has 1 aliphatic heterocycles. The summed E-state index contributed by atoms with van der Waals surface area (Å²) in [7, 11) is 1.85. The van der Waals surface area contributed by atoms with E-state index < -0.39 is 5.54 Å². The Labute approximate surface area is 114 Å². The van der Waals surface area contributed by atoms with E-state index in [9.17, 15) is 4.79 Å². The molecule has 1 aliphatic rings.